The first-order valence-corrected chi connectivity index (χ1v) is 12.0. The van der Waals surface area contributed by atoms with Crippen molar-refractivity contribution in [2.24, 2.45) is 0 Å². The van der Waals surface area contributed by atoms with E-state index in [2.05, 4.69) is 15.6 Å². The Morgan fingerprint density at radius 3 is 2.56 bits per heavy atom. The third-order valence-electron chi connectivity index (χ3n) is 5.92. The van der Waals surface area contributed by atoms with Crippen LogP contribution in [-0.2, 0) is 11.3 Å². The number of carbonyl (C=O) groups excluding carboxylic acids is 1. The van der Waals surface area contributed by atoms with Crippen molar-refractivity contribution in [3.05, 3.63) is 88.4 Å². The van der Waals surface area contributed by atoms with Crippen LogP contribution < -0.4 is 10.1 Å². The molecule has 186 valence electrons. The summed E-state index contributed by atoms with van der Waals surface area (Å²) in [6.45, 7) is 5.27. The van der Waals surface area contributed by atoms with Crippen molar-refractivity contribution < 1.29 is 19.4 Å². The summed E-state index contributed by atoms with van der Waals surface area (Å²) >= 11 is 6.39. The predicted octanol–water partition coefficient (Wildman–Crippen LogP) is 5.26. The van der Waals surface area contributed by atoms with Crippen LogP contribution in [0.5, 0.6) is 5.75 Å². The fourth-order valence-electron chi connectivity index (χ4n) is 3.81. The van der Waals surface area contributed by atoms with Gasteiger partial charge in [0, 0.05) is 10.6 Å². The number of nitrogens with zero attached hydrogens (tertiary/aromatic N) is 3. The summed E-state index contributed by atoms with van der Waals surface area (Å²) in [5, 5.41) is 21.4. The first-order valence-electron chi connectivity index (χ1n) is 11.6. The molecule has 9 heteroatoms. The van der Waals surface area contributed by atoms with Crippen molar-refractivity contribution in [2.75, 3.05) is 0 Å². The first-order chi connectivity index (χ1) is 17.2. The van der Waals surface area contributed by atoms with E-state index in [1.54, 1.807) is 41.1 Å². The highest BCUT2D eigenvalue weighted by Crippen LogP contribution is 2.27. The molecule has 0 bridgehead atoms. The van der Waals surface area contributed by atoms with Gasteiger partial charge in [-0.3, -0.25) is 4.79 Å². The van der Waals surface area contributed by atoms with Crippen molar-refractivity contribution in [1.29, 1.82) is 0 Å². The Hall–Kier alpha value is -3.91. The Kier molecular flexibility index (Phi) is 7.26. The number of nitrogens with one attached hydrogen (secondary N) is 1. The van der Waals surface area contributed by atoms with Gasteiger partial charge in [-0.25, -0.2) is 9.48 Å². The normalized spacial score (nSPS) is 12.3. The maximum atomic E-state index is 12.9. The molecule has 0 unspecified atom stereocenters. The lowest BCUT2D eigenvalue weighted by molar-refractivity contribution is -0.152. The molecule has 36 heavy (non-hydrogen) atoms. The molecule has 0 fully saturated rings. The quantitative estimate of drug-likeness (QED) is 0.321. The number of hydrogen-bond acceptors (Lipinski definition) is 5. The number of carbonyl (C=O) groups is 2. The number of hydrogen-bond donors (Lipinski definition) is 2. The third-order valence-corrected chi connectivity index (χ3v) is 6.29. The van der Waals surface area contributed by atoms with E-state index in [0.29, 0.717) is 27.4 Å². The van der Waals surface area contributed by atoms with Crippen LogP contribution in [0.4, 0.5) is 0 Å². The molecule has 0 saturated carbocycles. The number of carboxylic acid groups (broad SMARTS) is 1. The molecule has 0 radical (unpaired) electrons. The first kappa shape index (κ1) is 25.2. The van der Waals surface area contributed by atoms with E-state index in [0.717, 1.165) is 17.5 Å². The van der Waals surface area contributed by atoms with Gasteiger partial charge in [0.15, 0.2) is 5.60 Å². The van der Waals surface area contributed by atoms with E-state index in [1.807, 2.05) is 37.3 Å². The van der Waals surface area contributed by atoms with Crippen molar-refractivity contribution in [3.63, 3.8) is 0 Å². The Bertz CT molecular complexity index is 1400. The zero-order valence-corrected chi connectivity index (χ0v) is 21.0. The molecule has 1 heterocycles. The Balaban J connectivity index is 1.53. The highest BCUT2D eigenvalue weighted by molar-refractivity contribution is 6.31. The molecule has 4 rings (SSSR count). The fraction of sp³-hybridized carbons (Fsp3) is 0.259. The summed E-state index contributed by atoms with van der Waals surface area (Å²) in [6, 6.07) is 20.0. The second-order valence-corrected chi connectivity index (χ2v) is 9.37. The van der Waals surface area contributed by atoms with Gasteiger partial charge in [0.25, 0.3) is 5.91 Å². The molecule has 8 nitrogen and oxygen atoms in total. The van der Waals surface area contributed by atoms with Crippen molar-refractivity contribution >= 4 is 34.5 Å². The van der Waals surface area contributed by atoms with Crippen LogP contribution in [0.15, 0.2) is 66.7 Å². The Morgan fingerprint density at radius 1 is 1.11 bits per heavy atom. The Morgan fingerprint density at radius 2 is 1.86 bits per heavy atom. The van der Waals surface area contributed by atoms with Crippen LogP contribution in [0.25, 0.3) is 11.0 Å². The van der Waals surface area contributed by atoms with E-state index in [-0.39, 0.29) is 18.5 Å². The van der Waals surface area contributed by atoms with Crippen LogP contribution in [-0.4, -0.2) is 37.6 Å². The standard InChI is InChI=1S/C27H27ClN4O4/c1-4-22(17-8-6-5-7-9-17)29-25(33)18-10-13-24-23(15-18)30-31-32(24)16-19-14-20(11-12-21(19)28)36-27(2,3)26(34)35/h5-15,22H,4,16H2,1-3H3,(H,29,33)(H,34,35)/t22-/m1/s1. The number of aliphatic carboxylic acids is 1. The van der Waals surface area contributed by atoms with Gasteiger partial charge in [-0.15, -0.1) is 5.10 Å². The minimum atomic E-state index is -1.39. The van der Waals surface area contributed by atoms with Crippen molar-refractivity contribution in [2.45, 2.75) is 45.4 Å². The lowest BCUT2D eigenvalue weighted by atomic mass is 10.0. The van der Waals surface area contributed by atoms with Crippen LogP contribution in [0.3, 0.4) is 0 Å². The van der Waals surface area contributed by atoms with Gasteiger partial charge in [-0.1, -0.05) is 54.1 Å². The number of carboxylic acids is 1. The smallest absolute Gasteiger partial charge is 0.347 e. The van der Waals surface area contributed by atoms with E-state index >= 15 is 0 Å². The minimum absolute atomic E-state index is 0.0900. The molecular weight excluding hydrogens is 480 g/mol. The van der Waals surface area contributed by atoms with Crippen molar-refractivity contribution in [1.82, 2.24) is 20.3 Å². The SMILES string of the molecule is CC[C@@H](NC(=O)c1ccc2c(c1)nnn2Cc1cc(OC(C)(C)C(=O)O)ccc1Cl)c1ccccc1. The summed E-state index contributed by atoms with van der Waals surface area (Å²) in [5.74, 6) is -0.875. The maximum Gasteiger partial charge on any atom is 0.347 e. The molecule has 0 spiro atoms. The molecule has 1 aromatic heterocycles. The second kappa shape index (κ2) is 10.4. The zero-order valence-electron chi connectivity index (χ0n) is 20.2. The third kappa shape index (κ3) is 5.49. The van der Waals surface area contributed by atoms with Gasteiger partial charge in [0.1, 0.15) is 11.3 Å². The number of halogens is 1. The summed E-state index contributed by atoms with van der Waals surface area (Å²) < 4.78 is 7.30. The number of amides is 1. The van der Waals surface area contributed by atoms with Gasteiger partial charge in [0.05, 0.1) is 18.1 Å². The summed E-state index contributed by atoms with van der Waals surface area (Å²) in [7, 11) is 0. The maximum absolute atomic E-state index is 12.9. The van der Waals surface area contributed by atoms with Gasteiger partial charge < -0.3 is 15.2 Å². The highest BCUT2D eigenvalue weighted by atomic mass is 35.5. The van der Waals surface area contributed by atoms with Crippen LogP contribution in [0, 0.1) is 0 Å². The van der Waals surface area contributed by atoms with Crippen molar-refractivity contribution in [3.8, 4) is 5.75 Å². The van der Waals surface area contributed by atoms with Gasteiger partial charge >= 0.3 is 5.97 Å². The second-order valence-electron chi connectivity index (χ2n) is 8.97. The number of fused-ring (bicyclic) bond motifs is 1. The summed E-state index contributed by atoms with van der Waals surface area (Å²) in [5.41, 5.74) is 2.15. The average molecular weight is 507 g/mol. The average Bonchev–Trinajstić information content (AvgIpc) is 3.26. The van der Waals surface area contributed by atoms with Gasteiger partial charge in [0.2, 0.25) is 0 Å². The molecule has 0 aliphatic heterocycles. The zero-order chi connectivity index (χ0) is 25.9. The summed E-state index contributed by atoms with van der Waals surface area (Å²) in [6.07, 6.45) is 0.765. The summed E-state index contributed by atoms with van der Waals surface area (Å²) in [4.78, 5) is 24.3. The van der Waals surface area contributed by atoms with E-state index in [4.69, 9.17) is 16.3 Å². The van der Waals surface area contributed by atoms with Crippen LogP contribution in [0.2, 0.25) is 5.02 Å². The van der Waals surface area contributed by atoms with E-state index < -0.39 is 11.6 Å². The topological polar surface area (TPSA) is 106 Å². The van der Waals surface area contributed by atoms with Gasteiger partial charge in [-0.05, 0) is 67.8 Å². The predicted molar refractivity (Wildman–Crippen MR) is 137 cm³/mol. The Labute approximate surface area is 213 Å². The molecular formula is C27H27ClN4O4. The highest BCUT2D eigenvalue weighted by Gasteiger charge is 2.29. The minimum Gasteiger partial charge on any atom is -0.478 e. The molecule has 3 aromatic carbocycles. The van der Waals surface area contributed by atoms with Gasteiger partial charge in [-0.2, -0.15) is 0 Å². The molecule has 0 aliphatic rings. The number of ether oxygens (including phenoxy) is 1. The largest absolute Gasteiger partial charge is 0.478 e. The molecule has 0 saturated heterocycles. The molecule has 0 aliphatic carbocycles. The lowest BCUT2D eigenvalue weighted by Gasteiger charge is -2.22. The fourth-order valence-corrected chi connectivity index (χ4v) is 3.99. The number of rotatable bonds is 9. The number of benzene rings is 3. The molecule has 1 amide bonds. The van der Waals surface area contributed by atoms with E-state index in [9.17, 15) is 14.7 Å². The molecule has 2 N–H and O–H groups in total. The molecule has 4 aromatic rings. The number of aromatic nitrogens is 3. The van der Waals surface area contributed by atoms with Crippen LogP contribution >= 0.6 is 11.6 Å². The lowest BCUT2D eigenvalue weighted by Crippen LogP contribution is -2.37. The van der Waals surface area contributed by atoms with Crippen LogP contribution in [0.1, 0.15) is 54.7 Å². The monoisotopic (exact) mass is 506 g/mol. The molecule has 1 atom stereocenters. The van der Waals surface area contributed by atoms with E-state index in [1.165, 1.54) is 13.8 Å².